The number of nitrogens with one attached hydrogen (secondary N) is 2. The Kier molecular flexibility index (Phi) is 7.05. The van der Waals surface area contributed by atoms with E-state index in [1.54, 1.807) is 0 Å². The van der Waals surface area contributed by atoms with Crippen molar-refractivity contribution in [2.75, 3.05) is 39.0 Å². The summed E-state index contributed by atoms with van der Waals surface area (Å²) >= 11 is 3.44. The first-order valence-electron chi connectivity index (χ1n) is 6.40. The molecule has 1 aromatic carbocycles. The third-order valence-electron chi connectivity index (χ3n) is 2.64. The van der Waals surface area contributed by atoms with Crippen LogP contribution >= 0.6 is 15.9 Å². The normalized spacial score (nSPS) is 10.8. The van der Waals surface area contributed by atoms with E-state index in [2.05, 4.69) is 31.5 Å². The molecule has 1 rings (SSSR count). The van der Waals surface area contributed by atoms with E-state index in [1.165, 1.54) is 0 Å². The fourth-order valence-corrected chi connectivity index (χ4v) is 2.23. The van der Waals surface area contributed by atoms with Gasteiger partial charge in [-0.15, -0.1) is 0 Å². The summed E-state index contributed by atoms with van der Waals surface area (Å²) in [6.45, 7) is 4.23. The SMILES string of the molecule is Cc1ccc(NC(=O)CNCCCN(C)C)c(Br)c1. The summed E-state index contributed by atoms with van der Waals surface area (Å²) in [5.74, 6) is -0.0191. The number of carbonyl (C=O) groups excluding carboxylic acids is 1. The van der Waals surface area contributed by atoms with Gasteiger partial charge in [-0.3, -0.25) is 4.79 Å². The van der Waals surface area contributed by atoms with Gasteiger partial charge in [0.25, 0.3) is 0 Å². The van der Waals surface area contributed by atoms with Gasteiger partial charge in [0, 0.05) is 4.47 Å². The molecular weight excluding hydrogens is 306 g/mol. The first-order chi connectivity index (χ1) is 8.99. The van der Waals surface area contributed by atoms with Crippen molar-refractivity contribution >= 4 is 27.5 Å². The zero-order valence-electron chi connectivity index (χ0n) is 11.8. The molecule has 0 fully saturated rings. The predicted molar refractivity (Wildman–Crippen MR) is 83.5 cm³/mol. The van der Waals surface area contributed by atoms with Crippen LogP contribution in [0.1, 0.15) is 12.0 Å². The molecule has 2 N–H and O–H groups in total. The largest absolute Gasteiger partial charge is 0.324 e. The van der Waals surface area contributed by atoms with Gasteiger partial charge in [0.2, 0.25) is 5.91 Å². The Morgan fingerprint density at radius 2 is 2.11 bits per heavy atom. The minimum absolute atomic E-state index is 0.0191. The Labute approximate surface area is 123 Å². The Balaban J connectivity index is 2.27. The summed E-state index contributed by atoms with van der Waals surface area (Å²) in [7, 11) is 4.09. The highest BCUT2D eigenvalue weighted by Crippen LogP contribution is 2.23. The molecule has 0 atom stereocenters. The maximum atomic E-state index is 11.7. The minimum atomic E-state index is -0.0191. The fraction of sp³-hybridized carbons (Fsp3) is 0.500. The minimum Gasteiger partial charge on any atom is -0.324 e. The highest BCUT2D eigenvalue weighted by molar-refractivity contribution is 9.10. The molecule has 1 aromatic rings. The molecule has 1 amide bonds. The van der Waals surface area contributed by atoms with Gasteiger partial charge in [0.15, 0.2) is 0 Å². The van der Waals surface area contributed by atoms with Crippen LogP contribution in [0.15, 0.2) is 22.7 Å². The number of halogens is 1. The first-order valence-corrected chi connectivity index (χ1v) is 7.20. The number of rotatable bonds is 7. The van der Waals surface area contributed by atoms with Gasteiger partial charge >= 0.3 is 0 Å². The van der Waals surface area contributed by atoms with Gasteiger partial charge in [-0.05, 0) is 74.2 Å². The summed E-state index contributed by atoms with van der Waals surface area (Å²) in [4.78, 5) is 13.9. The lowest BCUT2D eigenvalue weighted by Gasteiger charge is -2.11. The van der Waals surface area contributed by atoms with Gasteiger partial charge < -0.3 is 15.5 Å². The van der Waals surface area contributed by atoms with Crippen molar-refractivity contribution in [1.29, 1.82) is 0 Å². The zero-order chi connectivity index (χ0) is 14.3. The van der Waals surface area contributed by atoms with Crippen molar-refractivity contribution in [3.8, 4) is 0 Å². The van der Waals surface area contributed by atoms with Crippen LogP contribution in [0.4, 0.5) is 5.69 Å². The third kappa shape index (κ3) is 6.71. The number of hydrogen-bond acceptors (Lipinski definition) is 3. The average molecular weight is 328 g/mol. The summed E-state index contributed by atoms with van der Waals surface area (Å²) in [5, 5.41) is 6.02. The number of aryl methyl sites for hydroxylation is 1. The van der Waals surface area contributed by atoms with Gasteiger partial charge in [0.05, 0.1) is 12.2 Å². The van der Waals surface area contributed by atoms with E-state index < -0.39 is 0 Å². The lowest BCUT2D eigenvalue weighted by molar-refractivity contribution is -0.115. The second-order valence-corrected chi connectivity index (χ2v) is 5.72. The Morgan fingerprint density at radius 3 is 2.74 bits per heavy atom. The van der Waals surface area contributed by atoms with E-state index in [0.717, 1.165) is 35.2 Å². The Hall–Kier alpha value is -0.910. The summed E-state index contributed by atoms with van der Waals surface area (Å²) in [6.07, 6.45) is 1.04. The molecular formula is C14H22BrN3O. The quantitative estimate of drug-likeness (QED) is 0.755. The number of benzene rings is 1. The topological polar surface area (TPSA) is 44.4 Å². The zero-order valence-corrected chi connectivity index (χ0v) is 13.4. The van der Waals surface area contributed by atoms with Crippen LogP contribution in [-0.2, 0) is 4.79 Å². The summed E-state index contributed by atoms with van der Waals surface area (Å²) in [6, 6.07) is 5.87. The maximum absolute atomic E-state index is 11.7. The Bertz CT molecular complexity index is 421. The molecule has 0 aliphatic carbocycles. The van der Waals surface area contributed by atoms with Gasteiger partial charge in [-0.25, -0.2) is 0 Å². The first kappa shape index (κ1) is 16.1. The molecule has 19 heavy (non-hydrogen) atoms. The van der Waals surface area contributed by atoms with Gasteiger partial charge in [-0.1, -0.05) is 6.07 Å². The average Bonchev–Trinajstić information content (AvgIpc) is 2.32. The molecule has 0 heterocycles. The molecule has 0 aliphatic rings. The van der Waals surface area contributed by atoms with E-state index in [-0.39, 0.29) is 5.91 Å². The molecule has 0 radical (unpaired) electrons. The van der Waals surface area contributed by atoms with E-state index in [4.69, 9.17) is 0 Å². The number of amides is 1. The van der Waals surface area contributed by atoms with Crippen LogP contribution in [0.25, 0.3) is 0 Å². The van der Waals surface area contributed by atoms with Crippen molar-refractivity contribution in [3.63, 3.8) is 0 Å². The number of hydrogen-bond donors (Lipinski definition) is 2. The molecule has 0 unspecified atom stereocenters. The van der Waals surface area contributed by atoms with Gasteiger partial charge in [0.1, 0.15) is 0 Å². The molecule has 106 valence electrons. The monoisotopic (exact) mass is 327 g/mol. The lowest BCUT2D eigenvalue weighted by Crippen LogP contribution is -2.30. The molecule has 5 heteroatoms. The molecule has 0 saturated carbocycles. The third-order valence-corrected chi connectivity index (χ3v) is 3.30. The van der Waals surface area contributed by atoms with Crippen LogP contribution in [0.3, 0.4) is 0 Å². The van der Waals surface area contributed by atoms with Crippen LogP contribution in [0.2, 0.25) is 0 Å². The van der Waals surface area contributed by atoms with Crippen molar-refractivity contribution in [2.24, 2.45) is 0 Å². The maximum Gasteiger partial charge on any atom is 0.238 e. The highest BCUT2D eigenvalue weighted by atomic mass is 79.9. The highest BCUT2D eigenvalue weighted by Gasteiger charge is 2.05. The van der Waals surface area contributed by atoms with Crippen molar-refractivity contribution in [2.45, 2.75) is 13.3 Å². The van der Waals surface area contributed by atoms with E-state index in [9.17, 15) is 4.79 Å². The summed E-state index contributed by atoms with van der Waals surface area (Å²) < 4.78 is 0.911. The molecule has 0 bridgehead atoms. The smallest absolute Gasteiger partial charge is 0.238 e. The van der Waals surface area contributed by atoms with Crippen LogP contribution in [0.5, 0.6) is 0 Å². The molecule has 0 spiro atoms. The predicted octanol–water partition coefficient (Wildman–Crippen LogP) is 2.24. The Morgan fingerprint density at radius 1 is 1.37 bits per heavy atom. The molecule has 0 saturated heterocycles. The number of anilines is 1. The fourth-order valence-electron chi connectivity index (χ4n) is 1.64. The number of nitrogens with zero attached hydrogens (tertiary/aromatic N) is 1. The standard InChI is InChI=1S/C14H22BrN3O/c1-11-5-6-13(12(15)9-11)17-14(19)10-16-7-4-8-18(2)3/h5-6,9,16H,4,7-8,10H2,1-3H3,(H,17,19). The molecule has 4 nitrogen and oxygen atoms in total. The lowest BCUT2D eigenvalue weighted by atomic mass is 10.2. The van der Waals surface area contributed by atoms with Crippen molar-refractivity contribution in [1.82, 2.24) is 10.2 Å². The molecule has 0 aliphatic heterocycles. The second kappa shape index (κ2) is 8.30. The van der Waals surface area contributed by atoms with E-state index in [0.29, 0.717) is 6.54 Å². The summed E-state index contributed by atoms with van der Waals surface area (Å²) in [5.41, 5.74) is 1.97. The molecule has 0 aromatic heterocycles. The van der Waals surface area contributed by atoms with Crippen molar-refractivity contribution < 1.29 is 4.79 Å². The number of carbonyl (C=O) groups is 1. The van der Waals surface area contributed by atoms with Crippen molar-refractivity contribution in [3.05, 3.63) is 28.2 Å². The van der Waals surface area contributed by atoms with Gasteiger partial charge in [-0.2, -0.15) is 0 Å². The van der Waals surface area contributed by atoms with Crippen LogP contribution in [0, 0.1) is 6.92 Å². The van der Waals surface area contributed by atoms with E-state index >= 15 is 0 Å². The van der Waals surface area contributed by atoms with E-state index in [1.807, 2.05) is 39.2 Å². The second-order valence-electron chi connectivity index (χ2n) is 4.87. The van der Waals surface area contributed by atoms with Crippen LogP contribution in [-0.4, -0.2) is 44.5 Å². The van der Waals surface area contributed by atoms with Crippen LogP contribution < -0.4 is 10.6 Å².